The SMILES string of the molecule is CCCC(=C=C(C)CC(C)C)C(=O)O. The normalized spacial score (nSPS) is 9.79. The van der Waals surface area contributed by atoms with Crippen molar-refractivity contribution in [2.75, 3.05) is 0 Å². The summed E-state index contributed by atoms with van der Waals surface area (Å²) >= 11 is 0. The van der Waals surface area contributed by atoms with Gasteiger partial charge in [0.05, 0.1) is 5.57 Å². The van der Waals surface area contributed by atoms with Crippen LogP contribution in [0.25, 0.3) is 0 Å². The molecule has 0 aliphatic rings. The molecule has 2 nitrogen and oxygen atoms in total. The highest BCUT2D eigenvalue weighted by atomic mass is 16.4. The van der Waals surface area contributed by atoms with Crippen molar-refractivity contribution in [1.29, 1.82) is 0 Å². The van der Waals surface area contributed by atoms with Crippen LogP contribution >= 0.6 is 0 Å². The molecule has 0 fully saturated rings. The smallest absolute Gasteiger partial charge is 0.339 e. The minimum absolute atomic E-state index is 0.408. The lowest BCUT2D eigenvalue weighted by atomic mass is 10.0. The van der Waals surface area contributed by atoms with Crippen LogP contribution in [0.3, 0.4) is 0 Å². The fraction of sp³-hybridized carbons (Fsp3) is 0.667. The average molecular weight is 196 g/mol. The number of rotatable bonds is 5. The molecule has 80 valence electrons. The summed E-state index contributed by atoms with van der Waals surface area (Å²) in [6, 6.07) is 0. The summed E-state index contributed by atoms with van der Waals surface area (Å²) in [5, 5.41) is 8.87. The third-order valence-corrected chi connectivity index (χ3v) is 1.84. The fourth-order valence-electron chi connectivity index (χ4n) is 1.39. The van der Waals surface area contributed by atoms with Crippen LogP contribution in [0.1, 0.15) is 47.0 Å². The van der Waals surface area contributed by atoms with Gasteiger partial charge in [-0.25, -0.2) is 4.79 Å². The Labute approximate surface area is 86.3 Å². The van der Waals surface area contributed by atoms with Gasteiger partial charge in [0, 0.05) is 0 Å². The lowest BCUT2D eigenvalue weighted by Crippen LogP contribution is -1.99. The number of hydrogen-bond acceptors (Lipinski definition) is 1. The Balaban J connectivity index is 4.75. The zero-order valence-electron chi connectivity index (χ0n) is 9.55. The summed E-state index contributed by atoms with van der Waals surface area (Å²) in [6.07, 6.45) is 2.37. The highest BCUT2D eigenvalue weighted by molar-refractivity contribution is 5.86. The van der Waals surface area contributed by atoms with E-state index in [-0.39, 0.29) is 0 Å². The second-order valence-electron chi connectivity index (χ2n) is 4.04. The van der Waals surface area contributed by atoms with E-state index in [0.29, 0.717) is 17.9 Å². The molecule has 0 aromatic carbocycles. The Kier molecular flexibility index (Phi) is 5.98. The van der Waals surface area contributed by atoms with Crippen LogP contribution in [-0.2, 0) is 4.79 Å². The zero-order chi connectivity index (χ0) is 11.1. The van der Waals surface area contributed by atoms with Crippen molar-refractivity contribution >= 4 is 5.97 Å². The average Bonchev–Trinajstić information content (AvgIpc) is 2.01. The predicted octanol–water partition coefficient (Wildman–Crippen LogP) is 3.39. The summed E-state index contributed by atoms with van der Waals surface area (Å²) in [5.74, 6) is -0.283. The molecule has 0 heterocycles. The van der Waals surface area contributed by atoms with Gasteiger partial charge in [0.2, 0.25) is 0 Å². The van der Waals surface area contributed by atoms with E-state index >= 15 is 0 Å². The number of carbonyl (C=O) groups is 1. The summed E-state index contributed by atoms with van der Waals surface area (Å²) in [4.78, 5) is 10.8. The van der Waals surface area contributed by atoms with Gasteiger partial charge in [0.15, 0.2) is 0 Å². The Morgan fingerprint density at radius 3 is 2.36 bits per heavy atom. The molecule has 0 spiro atoms. The third kappa shape index (κ3) is 5.60. The molecular weight excluding hydrogens is 176 g/mol. The van der Waals surface area contributed by atoms with Gasteiger partial charge in [-0.2, -0.15) is 0 Å². The minimum atomic E-state index is -0.838. The van der Waals surface area contributed by atoms with Gasteiger partial charge < -0.3 is 5.11 Å². The monoisotopic (exact) mass is 196 g/mol. The summed E-state index contributed by atoms with van der Waals surface area (Å²) in [6.45, 7) is 8.15. The first-order chi connectivity index (χ1) is 6.47. The fourth-order valence-corrected chi connectivity index (χ4v) is 1.39. The number of carboxylic acids is 1. The van der Waals surface area contributed by atoms with E-state index in [2.05, 4.69) is 19.6 Å². The predicted molar refractivity (Wildman–Crippen MR) is 58.2 cm³/mol. The van der Waals surface area contributed by atoms with Crippen molar-refractivity contribution in [3.8, 4) is 0 Å². The Bertz CT molecular complexity index is 255. The number of aliphatic carboxylic acids is 1. The molecule has 0 saturated heterocycles. The Morgan fingerprint density at radius 2 is 2.00 bits per heavy atom. The van der Waals surface area contributed by atoms with Gasteiger partial charge in [-0.1, -0.05) is 27.2 Å². The van der Waals surface area contributed by atoms with Crippen LogP contribution in [0.5, 0.6) is 0 Å². The van der Waals surface area contributed by atoms with Gasteiger partial charge in [-0.15, -0.1) is 5.73 Å². The molecular formula is C12H20O2. The Morgan fingerprint density at radius 1 is 1.43 bits per heavy atom. The molecule has 0 unspecified atom stereocenters. The first-order valence-corrected chi connectivity index (χ1v) is 5.15. The first kappa shape index (κ1) is 13.0. The zero-order valence-corrected chi connectivity index (χ0v) is 9.55. The highest BCUT2D eigenvalue weighted by Gasteiger charge is 2.05. The molecule has 2 heteroatoms. The second kappa shape index (κ2) is 6.44. The maximum atomic E-state index is 10.8. The second-order valence-corrected chi connectivity index (χ2v) is 4.04. The van der Waals surface area contributed by atoms with Crippen molar-refractivity contribution in [3.05, 3.63) is 16.9 Å². The lowest BCUT2D eigenvalue weighted by Gasteiger charge is -2.02. The number of hydrogen-bond donors (Lipinski definition) is 1. The molecule has 0 radical (unpaired) electrons. The van der Waals surface area contributed by atoms with Crippen molar-refractivity contribution in [1.82, 2.24) is 0 Å². The topological polar surface area (TPSA) is 37.3 Å². The van der Waals surface area contributed by atoms with Gasteiger partial charge in [0.25, 0.3) is 0 Å². The van der Waals surface area contributed by atoms with Crippen LogP contribution in [0.2, 0.25) is 0 Å². The molecule has 0 amide bonds. The van der Waals surface area contributed by atoms with Crippen LogP contribution in [0.15, 0.2) is 16.9 Å². The molecule has 0 atom stereocenters. The molecule has 0 rings (SSSR count). The molecule has 1 N–H and O–H groups in total. The van der Waals surface area contributed by atoms with Crippen molar-refractivity contribution in [2.45, 2.75) is 47.0 Å². The summed E-state index contributed by atoms with van der Waals surface area (Å²) in [7, 11) is 0. The molecule has 0 aliphatic heterocycles. The standard InChI is InChI=1S/C12H20O2/c1-5-6-11(12(13)14)8-10(4)7-9(2)3/h9H,5-7H2,1-4H3,(H,13,14). The van der Waals surface area contributed by atoms with E-state index in [9.17, 15) is 4.79 Å². The minimum Gasteiger partial charge on any atom is -0.477 e. The van der Waals surface area contributed by atoms with Gasteiger partial charge >= 0.3 is 5.97 Å². The lowest BCUT2D eigenvalue weighted by molar-refractivity contribution is -0.132. The highest BCUT2D eigenvalue weighted by Crippen LogP contribution is 2.11. The van der Waals surface area contributed by atoms with E-state index in [1.165, 1.54) is 0 Å². The quantitative estimate of drug-likeness (QED) is 0.540. The number of carboxylic acid groups (broad SMARTS) is 1. The first-order valence-electron chi connectivity index (χ1n) is 5.15. The summed E-state index contributed by atoms with van der Waals surface area (Å²) in [5.41, 5.74) is 4.42. The molecule has 0 bridgehead atoms. The molecule has 0 aliphatic carbocycles. The Hall–Kier alpha value is -1.01. The van der Waals surface area contributed by atoms with E-state index in [1.807, 2.05) is 13.8 Å². The molecule has 0 aromatic heterocycles. The maximum absolute atomic E-state index is 10.8. The van der Waals surface area contributed by atoms with Crippen LogP contribution in [0, 0.1) is 5.92 Å². The van der Waals surface area contributed by atoms with E-state index in [4.69, 9.17) is 5.11 Å². The van der Waals surface area contributed by atoms with Crippen molar-refractivity contribution in [3.63, 3.8) is 0 Å². The van der Waals surface area contributed by atoms with E-state index in [1.54, 1.807) is 0 Å². The molecule has 0 saturated carbocycles. The largest absolute Gasteiger partial charge is 0.477 e. The van der Waals surface area contributed by atoms with Crippen molar-refractivity contribution in [2.24, 2.45) is 5.92 Å². The van der Waals surface area contributed by atoms with Crippen molar-refractivity contribution < 1.29 is 9.90 Å². The van der Waals surface area contributed by atoms with Gasteiger partial charge in [-0.05, 0) is 31.3 Å². The molecule has 0 aromatic rings. The van der Waals surface area contributed by atoms with Crippen LogP contribution in [0.4, 0.5) is 0 Å². The van der Waals surface area contributed by atoms with E-state index in [0.717, 1.165) is 18.4 Å². The van der Waals surface area contributed by atoms with Crippen LogP contribution in [-0.4, -0.2) is 11.1 Å². The maximum Gasteiger partial charge on any atom is 0.339 e. The van der Waals surface area contributed by atoms with Gasteiger partial charge in [-0.3, -0.25) is 0 Å². The third-order valence-electron chi connectivity index (χ3n) is 1.84. The molecule has 14 heavy (non-hydrogen) atoms. The van der Waals surface area contributed by atoms with Gasteiger partial charge in [0.1, 0.15) is 0 Å². The van der Waals surface area contributed by atoms with Crippen LogP contribution < -0.4 is 0 Å². The summed E-state index contributed by atoms with van der Waals surface area (Å²) < 4.78 is 0. The van der Waals surface area contributed by atoms with E-state index < -0.39 is 5.97 Å².